The summed E-state index contributed by atoms with van der Waals surface area (Å²) in [5.41, 5.74) is 0. The Balaban J connectivity index is 0.000000561. The van der Waals surface area contributed by atoms with E-state index in [4.69, 9.17) is 5.11 Å². The highest BCUT2D eigenvalue weighted by atomic mass is 19.3. The number of aliphatic hydroxyl groups is 1. The zero-order valence-corrected chi connectivity index (χ0v) is 7.85. The molecular weight excluding hydrogens is 164 g/mol. The van der Waals surface area contributed by atoms with Gasteiger partial charge in [0.25, 0.3) is 5.92 Å². The molecule has 1 aliphatic rings. The Morgan fingerprint density at radius 1 is 1.50 bits per heavy atom. The maximum absolute atomic E-state index is 12.5. The lowest BCUT2D eigenvalue weighted by molar-refractivity contribution is 0.0136. The van der Waals surface area contributed by atoms with Crippen molar-refractivity contribution >= 4 is 0 Å². The summed E-state index contributed by atoms with van der Waals surface area (Å²) in [4.78, 5) is 1.49. The molecule has 1 atom stereocenters. The largest absolute Gasteiger partial charge is 0.395 e. The zero-order valence-electron chi connectivity index (χ0n) is 7.85. The Hall–Kier alpha value is -0.220. The predicted molar refractivity (Wildman–Crippen MR) is 44.4 cm³/mol. The highest BCUT2D eigenvalue weighted by molar-refractivity contribution is 4.87. The fourth-order valence-corrected chi connectivity index (χ4v) is 1.26. The average molecular weight is 181 g/mol. The first-order chi connectivity index (χ1) is 5.55. The van der Waals surface area contributed by atoms with E-state index in [1.165, 1.54) is 4.90 Å². The second kappa shape index (κ2) is 4.72. The van der Waals surface area contributed by atoms with Crippen LogP contribution in [0.2, 0.25) is 0 Å². The molecule has 4 heteroatoms. The van der Waals surface area contributed by atoms with Crippen LogP contribution in [0, 0.1) is 0 Å². The van der Waals surface area contributed by atoms with Crippen LogP contribution >= 0.6 is 0 Å². The molecule has 0 aromatic heterocycles. The molecule has 1 heterocycles. The first kappa shape index (κ1) is 11.8. The summed E-state index contributed by atoms with van der Waals surface area (Å²) in [5.74, 6) is -2.60. The maximum atomic E-state index is 12.5. The monoisotopic (exact) mass is 181 g/mol. The van der Waals surface area contributed by atoms with Gasteiger partial charge in [0.15, 0.2) is 0 Å². The van der Waals surface area contributed by atoms with E-state index < -0.39 is 5.92 Å². The van der Waals surface area contributed by atoms with E-state index >= 15 is 0 Å². The van der Waals surface area contributed by atoms with E-state index in [1.54, 1.807) is 7.05 Å². The summed E-state index contributed by atoms with van der Waals surface area (Å²) in [6.07, 6.45) is -0.208. The van der Waals surface area contributed by atoms with E-state index in [-0.39, 0.29) is 25.6 Å². The van der Waals surface area contributed by atoms with Gasteiger partial charge in [-0.2, -0.15) is 0 Å². The molecule has 0 unspecified atom stereocenters. The van der Waals surface area contributed by atoms with Crippen molar-refractivity contribution in [2.75, 3.05) is 20.2 Å². The van der Waals surface area contributed by atoms with Gasteiger partial charge in [0, 0.05) is 12.5 Å². The van der Waals surface area contributed by atoms with Gasteiger partial charge in [-0.15, -0.1) is 0 Å². The summed E-state index contributed by atoms with van der Waals surface area (Å²) in [6, 6.07) is -0.352. The molecule has 0 aliphatic carbocycles. The number of likely N-dealkylation sites (tertiary alicyclic amines) is 1. The molecule has 1 saturated heterocycles. The minimum Gasteiger partial charge on any atom is -0.395 e. The van der Waals surface area contributed by atoms with Crippen molar-refractivity contribution in [3.8, 4) is 0 Å². The van der Waals surface area contributed by atoms with E-state index in [0.29, 0.717) is 0 Å². The number of rotatable bonds is 1. The molecule has 1 aliphatic heterocycles. The van der Waals surface area contributed by atoms with Crippen LogP contribution in [0.3, 0.4) is 0 Å². The van der Waals surface area contributed by atoms with Crippen LogP contribution in [0.25, 0.3) is 0 Å². The predicted octanol–water partition coefficient (Wildman–Crippen LogP) is 1.34. The second-order valence-corrected chi connectivity index (χ2v) is 2.81. The topological polar surface area (TPSA) is 23.5 Å². The molecule has 0 aromatic rings. The van der Waals surface area contributed by atoms with Gasteiger partial charge in [0.05, 0.1) is 13.2 Å². The number of hydrogen-bond acceptors (Lipinski definition) is 2. The third kappa shape index (κ3) is 3.03. The fourth-order valence-electron chi connectivity index (χ4n) is 1.26. The number of aliphatic hydroxyl groups excluding tert-OH is 1. The smallest absolute Gasteiger partial charge is 0.262 e. The lowest BCUT2D eigenvalue weighted by atomic mass is 10.2. The fraction of sp³-hybridized carbons (Fsp3) is 1.00. The van der Waals surface area contributed by atoms with Gasteiger partial charge in [-0.1, -0.05) is 13.8 Å². The van der Waals surface area contributed by atoms with Crippen molar-refractivity contribution in [3.05, 3.63) is 0 Å². The lowest BCUT2D eigenvalue weighted by Gasteiger charge is -2.14. The van der Waals surface area contributed by atoms with Crippen molar-refractivity contribution in [3.63, 3.8) is 0 Å². The molecule has 2 nitrogen and oxygen atoms in total. The quantitative estimate of drug-likeness (QED) is 0.660. The number of halogens is 2. The van der Waals surface area contributed by atoms with Gasteiger partial charge < -0.3 is 5.11 Å². The summed E-state index contributed by atoms with van der Waals surface area (Å²) in [7, 11) is 1.60. The molecule has 1 rings (SSSR count). The Labute approximate surface area is 72.2 Å². The van der Waals surface area contributed by atoms with Crippen LogP contribution in [0.1, 0.15) is 20.3 Å². The van der Waals surface area contributed by atoms with E-state index in [9.17, 15) is 8.78 Å². The SMILES string of the molecule is CC.CN1CC(F)(F)C[C@H]1CO. The summed E-state index contributed by atoms with van der Waals surface area (Å²) in [5, 5.41) is 8.59. The molecule has 1 fully saturated rings. The molecule has 0 aromatic carbocycles. The number of likely N-dealkylation sites (N-methyl/N-ethyl adjacent to an activating group) is 1. The molecular formula is C8H17F2NO. The normalized spacial score (nSPS) is 28.0. The Bertz CT molecular complexity index is 130. The van der Waals surface area contributed by atoms with Gasteiger partial charge in [0.1, 0.15) is 0 Å². The third-order valence-corrected chi connectivity index (χ3v) is 1.85. The molecule has 0 bridgehead atoms. The van der Waals surface area contributed by atoms with Gasteiger partial charge in [0.2, 0.25) is 0 Å². The third-order valence-electron chi connectivity index (χ3n) is 1.85. The number of alkyl halides is 2. The van der Waals surface area contributed by atoms with Crippen LogP contribution in [0.4, 0.5) is 8.78 Å². The van der Waals surface area contributed by atoms with Crippen molar-refractivity contribution in [1.82, 2.24) is 4.90 Å². The van der Waals surface area contributed by atoms with E-state index in [2.05, 4.69) is 0 Å². The van der Waals surface area contributed by atoms with Crippen molar-refractivity contribution < 1.29 is 13.9 Å². The van der Waals surface area contributed by atoms with Crippen LogP contribution in [-0.2, 0) is 0 Å². The van der Waals surface area contributed by atoms with E-state index in [1.807, 2.05) is 13.8 Å². The highest BCUT2D eigenvalue weighted by Gasteiger charge is 2.42. The van der Waals surface area contributed by atoms with Gasteiger partial charge in [-0.05, 0) is 7.05 Å². The van der Waals surface area contributed by atoms with E-state index in [0.717, 1.165) is 0 Å². The second-order valence-electron chi connectivity index (χ2n) is 2.81. The molecule has 1 N–H and O–H groups in total. The zero-order chi connectivity index (χ0) is 9.78. The molecule has 74 valence electrons. The average Bonchev–Trinajstić information content (AvgIpc) is 2.28. The molecule has 0 amide bonds. The standard InChI is InChI=1S/C6H11F2NO.C2H6/c1-9-4-6(7,8)2-5(9)3-10;1-2/h5,10H,2-4H2,1H3;1-2H3/t5-;/m0./s1. The Morgan fingerprint density at radius 2 is 2.00 bits per heavy atom. The minimum absolute atomic E-state index is 0.175. The van der Waals surface area contributed by atoms with Crippen LogP contribution in [0.5, 0.6) is 0 Å². The molecule has 0 radical (unpaired) electrons. The van der Waals surface area contributed by atoms with Crippen molar-refractivity contribution in [1.29, 1.82) is 0 Å². The highest BCUT2D eigenvalue weighted by Crippen LogP contribution is 2.30. The van der Waals surface area contributed by atoms with Gasteiger partial charge in [-0.3, -0.25) is 4.90 Å². The van der Waals surface area contributed by atoms with Gasteiger partial charge >= 0.3 is 0 Å². The Kier molecular flexibility index (Phi) is 4.63. The first-order valence-corrected chi connectivity index (χ1v) is 4.24. The molecule has 0 spiro atoms. The summed E-state index contributed by atoms with van der Waals surface area (Å²) < 4.78 is 25.0. The lowest BCUT2D eigenvalue weighted by Crippen LogP contribution is -2.28. The van der Waals surface area contributed by atoms with Crippen LogP contribution < -0.4 is 0 Å². The minimum atomic E-state index is -2.60. The summed E-state index contributed by atoms with van der Waals surface area (Å²) in [6.45, 7) is 3.60. The molecule has 12 heavy (non-hydrogen) atoms. The summed E-state index contributed by atoms with van der Waals surface area (Å²) >= 11 is 0. The van der Waals surface area contributed by atoms with Crippen molar-refractivity contribution in [2.24, 2.45) is 0 Å². The first-order valence-electron chi connectivity index (χ1n) is 4.24. The Morgan fingerprint density at radius 3 is 2.17 bits per heavy atom. The number of hydrogen-bond donors (Lipinski definition) is 1. The van der Waals surface area contributed by atoms with Gasteiger partial charge in [-0.25, -0.2) is 8.78 Å². The molecule has 0 saturated carbocycles. The van der Waals surface area contributed by atoms with Crippen LogP contribution in [0.15, 0.2) is 0 Å². The maximum Gasteiger partial charge on any atom is 0.262 e. The van der Waals surface area contributed by atoms with Crippen LogP contribution in [-0.4, -0.2) is 42.2 Å². The van der Waals surface area contributed by atoms with Crippen molar-refractivity contribution in [2.45, 2.75) is 32.2 Å². The number of nitrogens with zero attached hydrogens (tertiary/aromatic N) is 1.